The van der Waals surface area contributed by atoms with Gasteiger partial charge in [-0.15, -0.1) is 0 Å². The molecule has 1 aromatic heterocycles. The molecule has 0 spiro atoms. The second-order valence-corrected chi connectivity index (χ2v) is 10.4. The Morgan fingerprint density at radius 1 is 1.22 bits per heavy atom. The number of halogens is 3. The SMILES string of the molecule is O=S1CC(F)(F)c2nc(N3CC=C(c4ccc(Cl)cc4)CC3)nc(NC3(CO)CCC3)c21. The monoisotopic (exact) mass is 480 g/mol. The third kappa shape index (κ3) is 3.80. The van der Waals surface area contributed by atoms with Crippen LogP contribution in [-0.2, 0) is 16.7 Å². The van der Waals surface area contributed by atoms with Gasteiger partial charge in [0.2, 0.25) is 5.95 Å². The van der Waals surface area contributed by atoms with E-state index in [0.717, 1.165) is 17.6 Å². The summed E-state index contributed by atoms with van der Waals surface area (Å²) >= 11 is 5.97. The van der Waals surface area contributed by atoms with Crippen LogP contribution < -0.4 is 10.2 Å². The smallest absolute Gasteiger partial charge is 0.302 e. The van der Waals surface area contributed by atoms with E-state index in [1.165, 1.54) is 0 Å². The van der Waals surface area contributed by atoms with E-state index >= 15 is 0 Å². The van der Waals surface area contributed by atoms with Crippen LogP contribution in [0.2, 0.25) is 5.02 Å². The van der Waals surface area contributed by atoms with Crippen LogP contribution in [0.5, 0.6) is 0 Å². The van der Waals surface area contributed by atoms with Crippen LogP contribution in [0.25, 0.3) is 5.57 Å². The van der Waals surface area contributed by atoms with Crippen LogP contribution in [0.1, 0.15) is 36.9 Å². The maximum atomic E-state index is 14.6. The summed E-state index contributed by atoms with van der Waals surface area (Å²) < 4.78 is 41.8. The fourth-order valence-electron chi connectivity index (χ4n) is 4.39. The number of aliphatic hydroxyl groups excluding tert-OH is 1. The van der Waals surface area contributed by atoms with Crippen molar-refractivity contribution in [3.05, 3.63) is 46.6 Å². The first-order valence-corrected chi connectivity index (χ1v) is 12.3. The van der Waals surface area contributed by atoms with Gasteiger partial charge in [-0.1, -0.05) is 29.8 Å². The number of nitrogens with zero attached hydrogens (tertiary/aromatic N) is 3. The van der Waals surface area contributed by atoms with Crippen molar-refractivity contribution in [3.8, 4) is 0 Å². The molecule has 6 nitrogen and oxygen atoms in total. The number of nitrogens with one attached hydrogen (secondary N) is 1. The number of anilines is 2. The Hall–Kier alpha value is -2.10. The first kappa shape index (κ1) is 21.7. The Balaban J connectivity index is 1.48. The van der Waals surface area contributed by atoms with Gasteiger partial charge in [-0.25, -0.2) is 4.98 Å². The van der Waals surface area contributed by atoms with E-state index in [1.807, 2.05) is 35.2 Å². The highest BCUT2D eigenvalue weighted by Gasteiger charge is 2.49. The summed E-state index contributed by atoms with van der Waals surface area (Å²) in [5.41, 5.74) is 1.15. The molecule has 1 fully saturated rings. The van der Waals surface area contributed by atoms with Gasteiger partial charge in [-0.05, 0) is 49.0 Å². The number of fused-ring (bicyclic) bond motifs is 1. The molecule has 170 valence electrons. The molecule has 0 radical (unpaired) electrons. The molecule has 1 unspecified atom stereocenters. The lowest BCUT2D eigenvalue weighted by Gasteiger charge is -2.41. The van der Waals surface area contributed by atoms with E-state index in [1.54, 1.807) is 0 Å². The molecule has 3 aliphatic rings. The molecule has 0 bridgehead atoms. The molecule has 32 heavy (non-hydrogen) atoms. The lowest BCUT2D eigenvalue weighted by Crippen LogP contribution is -2.48. The zero-order chi connectivity index (χ0) is 22.5. The van der Waals surface area contributed by atoms with Gasteiger partial charge >= 0.3 is 5.92 Å². The predicted molar refractivity (Wildman–Crippen MR) is 121 cm³/mol. The fourth-order valence-corrected chi connectivity index (χ4v) is 5.85. The first-order chi connectivity index (χ1) is 15.3. The molecule has 2 N–H and O–H groups in total. The van der Waals surface area contributed by atoms with Crippen molar-refractivity contribution in [3.63, 3.8) is 0 Å². The summed E-state index contributed by atoms with van der Waals surface area (Å²) in [4.78, 5) is 10.5. The molecule has 0 saturated heterocycles. The predicted octanol–water partition coefficient (Wildman–Crippen LogP) is 3.96. The van der Waals surface area contributed by atoms with Crippen molar-refractivity contribution in [1.82, 2.24) is 9.97 Å². The Labute approximate surface area is 192 Å². The third-order valence-electron chi connectivity index (χ3n) is 6.44. The number of aliphatic hydroxyl groups is 1. The van der Waals surface area contributed by atoms with Gasteiger partial charge in [0.25, 0.3) is 0 Å². The Bertz CT molecular complexity index is 1100. The average molecular weight is 481 g/mol. The van der Waals surface area contributed by atoms with E-state index in [2.05, 4.69) is 15.3 Å². The van der Waals surface area contributed by atoms with Crippen molar-refractivity contribution in [2.24, 2.45) is 0 Å². The Morgan fingerprint density at radius 2 is 1.97 bits per heavy atom. The van der Waals surface area contributed by atoms with Crippen LogP contribution in [0.15, 0.2) is 35.2 Å². The van der Waals surface area contributed by atoms with Gasteiger partial charge in [0.05, 0.1) is 28.7 Å². The van der Waals surface area contributed by atoms with E-state index in [0.29, 0.717) is 37.4 Å². The zero-order valence-electron chi connectivity index (χ0n) is 17.3. The standard InChI is InChI=1S/C22H23ClF2N4O2S/c23-16-4-2-14(3-5-16)15-6-10-29(11-7-15)20-26-18-17(32(31)13-22(18,24)25)19(27-20)28-21(12-30)8-1-9-21/h2-6,30H,1,7-13H2,(H,26,27,28). The van der Waals surface area contributed by atoms with Crippen molar-refractivity contribution in [2.45, 2.75) is 42.0 Å². The molecular weight excluding hydrogens is 458 g/mol. The van der Waals surface area contributed by atoms with E-state index in [-0.39, 0.29) is 23.3 Å². The van der Waals surface area contributed by atoms with Crippen molar-refractivity contribution >= 4 is 39.7 Å². The largest absolute Gasteiger partial charge is 0.394 e. The summed E-state index contributed by atoms with van der Waals surface area (Å²) in [6.07, 6.45) is 5.08. The second kappa shape index (κ2) is 8.04. The minimum Gasteiger partial charge on any atom is -0.394 e. The maximum Gasteiger partial charge on any atom is 0.302 e. The quantitative estimate of drug-likeness (QED) is 0.674. The fraction of sp³-hybridized carbons (Fsp3) is 0.455. The molecule has 10 heteroatoms. The number of alkyl halides is 2. The van der Waals surface area contributed by atoms with Crippen molar-refractivity contribution in [1.29, 1.82) is 0 Å². The molecular formula is C22H23ClF2N4O2S. The van der Waals surface area contributed by atoms with Crippen LogP contribution in [-0.4, -0.2) is 50.3 Å². The average Bonchev–Trinajstić information content (AvgIpc) is 2.99. The molecule has 0 amide bonds. The first-order valence-electron chi connectivity index (χ1n) is 10.6. The topological polar surface area (TPSA) is 78.4 Å². The number of rotatable bonds is 5. The molecule has 1 saturated carbocycles. The molecule has 1 aliphatic carbocycles. The van der Waals surface area contributed by atoms with E-state index < -0.39 is 33.7 Å². The minimum absolute atomic E-state index is 0.0344. The molecule has 1 aromatic carbocycles. The number of hydrogen-bond donors (Lipinski definition) is 2. The number of aromatic nitrogens is 2. The summed E-state index contributed by atoms with van der Waals surface area (Å²) in [5, 5.41) is 13.6. The Morgan fingerprint density at radius 3 is 2.56 bits per heavy atom. The van der Waals surface area contributed by atoms with Crippen molar-refractivity contribution in [2.75, 3.05) is 35.7 Å². The zero-order valence-corrected chi connectivity index (χ0v) is 18.9. The van der Waals surface area contributed by atoms with Gasteiger partial charge in [0.1, 0.15) is 16.4 Å². The second-order valence-electron chi connectivity index (χ2n) is 8.59. The van der Waals surface area contributed by atoms with Gasteiger partial charge in [0.15, 0.2) is 0 Å². The van der Waals surface area contributed by atoms with Gasteiger partial charge in [0, 0.05) is 18.1 Å². The summed E-state index contributed by atoms with van der Waals surface area (Å²) in [7, 11) is -1.90. The maximum absolute atomic E-state index is 14.6. The van der Waals surface area contributed by atoms with Crippen LogP contribution in [0.4, 0.5) is 20.5 Å². The summed E-state index contributed by atoms with van der Waals surface area (Å²) in [5.74, 6) is -3.73. The van der Waals surface area contributed by atoms with Crippen LogP contribution in [0.3, 0.4) is 0 Å². The lowest BCUT2D eigenvalue weighted by molar-refractivity contribution is 0.0191. The highest BCUT2D eigenvalue weighted by atomic mass is 35.5. The molecule has 5 rings (SSSR count). The van der Waals surface area contributed by atoms with E-state index in [9.17, 15) is 18.1 Å². The van der Waals surface area contributed by atoms with Crippen LogP contribution >= 0.6 is 11.6 Å². The van der Waals surface area contributed by atoms with Crippen LogP contribution in [0, 0.1) is 0 Å². The highest BCUT2D eigenvalue weighted by molar-refractivity contribution is 7.85. The third-order valence-corrected chi connectivity index (χ3v) is 8.16. The van der Waals surface area contributed by atoms with Gasteiger partial charge in [-0.3, -0.25) is 4.21 Å². The number of benzene rings is 1. The Kier molecular flexibility index (Phi) is 5.46. The minimum atomic E-state index is -3.28. The number of hydrogen-bond acceptors (Lipinski definition) is 6. The van der Waals surface area contributed by atoms with Gasteiger partial charge in [-0.2, -0.15) is 13.8 Å². The molecule has 2 aliphatic heterocycles. The summed E-state index contributed by atoms with van der Waals surface area (Å²) in [6, 6.07) is 7.59. The van der Waals surface area contributed by atoms with Crippen molar-refractivity contribution < 1.29 is 18.1 Å². The summed E-state index contributed by atoms with van der Waals surface area (Å²) in [6.45, 7) is 0.892. The molecule has 3 heterocycles. The lowest BCUT2D eigenvalue weighted by atomic mass is 9.77. The molecule has 1 atom stereocenters. The highest BCUT2D eigenvalue weighted by Crippen LogP contribution is 2.45. The van der Waals surface area contributed by atoms with E-state index in [4.69, 9.17) is 11.6 Å². The molecule has 2 aromatic rings. The van der Waals surface area contributed by atoms with Gasteiger partial charge < -0.3 is 15.3 Å². The normalized spacial score (nSPS) is 23.3.